The number of rotatable bonds is 3. The molecule has 4 heteroatoms. The number of carbonyl (C=O) groups excluding carboxylic acids is 1. The van der Waals surface area contributed by atoms with Crippen molar-refractivity contribution in [1.29, 1.82) is 0 Å². The van der Waals surface area contributed by atoms with Gasteiger partial charge in [-0.3, -0.25) is 4.79 Å². The van der Waals surface area contributed by atoms with Crippen LogP contribution < -0.4 is 0 Å². The Bertz CT molecular complexity index is 96.8. The molecule has 46 valence electrons. The van der Waals surface area contributed by atoms with Gasteiger partial charge < -0.3 is 9.90 Å². The Hall–Kier alpha value is -0.0938. The fourth-order valence-corrected chi connectivity index (χ4v) is 0.283. The topological polar surface area (TPSA) is 54.4 Å². The molecule has 0 aliphatic carbocycles. The van der Waals surface area contributed by atoms with E-state index < -0.39 is 5.97 Å². The number of Topliss-reactive ketones (excluding diaryl/α,β-unsaturated/α-hetero) is 1. The third-order valence-electron chi connectivity index (χ3n) is 0.691. The van der Waals surface area contributed by atoms with Crippen LogP contribution in [-0.4, -0.2) is 39.9 Å². The second kappa shape index (κ2) is 6.03. The molecule has 0 fully saturated rings. The van der Waals surface area contributed by atoms with Gasteiger partial charge in [0, 0.05) is 6.42 Å². The van der Waals surface area contributed by atoms with Crippen LogP contribution in [0.1, 0.15) is 19.8 Å². The molecule has 0 aromatic carbocycles. The van der Waals surface area contributed by atoms with E-state index in [2.05, 4.69) is 0 Å². The molecule has 0 aliphatic rings. The standard InChI is InChI=1S/C5H8O3.Mg/c1-4(6)2-3-5(7)8;/h2-3H2,1H3,(H,7,8);/q;+2. The van der Waals surface area contributed by atoms with Crippen LogP contribution in [0.5, 0.6) is 0 Å². The van der Waals surface area contributed by atoms with Crippen molar-refractivity contribution in [2.75, 3.05) is 0 Å². The van der Waals surface area contributed by atoms with E-state index in [0.717, 1.165) is 0 Å². The minimum atomic E-state index is -0.916. The molecule has 0 saturated carbocycles. The molecular formula is C5H8MgO3+2. The molecule has 0 aromatic heterocycles. The van der Waals surface area contributed by atoms with Crippen LogP contribution in [0.25, 0.3) is 0 Å². The monoisotopic (exact) mass is 140 g/mol. The first-order chi connectivity index (χ1) is 3.63. The number of carboxylic acid groups (broad SMARTS) is 1. The third-order valence-corrected chi connectivity index (χ3v) is 0.691. The van der Waals surface area contributed by atoms with Gasteiger partial charge in [0.2, 0.25) is 0 Å². The summed E-state index contributed by atoms with van der Waals surface area (Å²) in [5.41, 5.74) is 0. The van der Waals surface area contributed by atoms with Gasteiger partial charge in [-0.05, 0) is 6.92 Å². The van der Waals surface area contributed by atoms with Gasteiger partial charge in [0.25, 0.3) is 0 Å². The molecular weight excluding hydrogens is 132 g/mol. The van der Waals surface area contributed by atoms with Crippen molar-refractivity contribution >= 4 is 34.8 Å². The number of ketones is 1. The number of hydrogen-bond acceptors (Lipinski definition) is 2. The smallest absolute Gasteiger partial charge is 0.481 e. The molecule has 0 radical (unpaired) electrons. The summed E-state index contributed by atoms with van der Waals surface area (Å²) < 4.78 is 0. The molecule has 0 rings (SSSR count). The van der Waals surface area contributed by atoms with Crippen molar-refractivity contribution in [2.45, 2.75) is 19.8 Å². The molecule has 9 heavy (non-hydrogen) atoms. The van der Waals surface area contributed by atoms with E-state index in [9.17, 15) is 9.59 Å². The van der Waals surface area contributed by atoms with Crippen LogP contribution in [0.4, 0.5) is 0 Å². The molecule has 0 aliphatic heterocycles. The fraction of sp³-hybridized carbons (Fsp3) is 0.600. The van der Waals surface area contributed by atoms with Crippen LogP contribution in [0.3, 0.4) is 0 Å². The van der Waals surface area contributed by atoms with Crippen LogP contribution in [0.15, 0.2) is 0 Å². The Morgan fingerprint density at radius 3 is 1.89 bits per heavy atom. The Kier molecular flexibility index (Phi) is 7.82. The maximum Gasteiger partial charge on any atom is 2.00 e. The second-order valence-electron chi connectivity index (χ2n) is 1.60. The van der Waals surface area contributed by atoms with Crippen molar-refractivity contribution in [1.82, 2.24) is 0 Å². The summed E-state index contributed by atoms with van der Waals surface area (Å²) in [6.07, 6.45) is 0.102. The summed E-state index contributed by atoms with van der Waals surface area (Å²) in [6, 6.07) is 0. The predicted molar refractivity (Wildman–Crippen MR) is 33.3 cm³/mol. The van der Waals surface area contributed by atoms with Crippen LogP contribution in [0, 0.1) is 0 Å². The maximum atomic E-state index is 10.1. The first-order valence-corrected chi connectivity index (χ1v) is 2.34. The van der Waals surface area contributed by atoms with E-state index in [1.807, 2.05) is 0 Å². The summed E-state index contributed by atoms with van der Waals surface area (Å²) in [7, 11) is 0. The maximum absolute atomic E-state index is 10.1. The Balaban J connectivity index is 0. The normalized spacial score (nSPS) is 7.67. The van der Waals surface area contributed by atoms with Crippen molar-refractivity contribution in [2.24, 2.45) is 0 Å². The Morgan fingerprint density at radius 2 is 1.78 bits per heavy atom. The van der Waals surface area contributed by atoms with E-state index in [0.29, 0.717) is 0 Å². The van der Waals surface area contributed by atoms with Gasteiger partial charge in [0.15, 0.2) is 0 Å². The van der Waals surface area contributed by atoms with Gasteiger partial charge in [-0.2, -0.15) is 0 Å². The molecule has 0 saturated heterocycles. The molecule has 0 heterocycles. The zero-order chi connectivity index (χ0) is 6.57. The summed E-state index contributed by atoms with van der Waals surface area (Å²) >= 11 is 0. The van der Waals surface area contributed by atoms with Gasteiger partial charge in [-0.15, -0.1) is 0 Å². The minimum absolute atomic E-state index is 0. The summed E-state index contributed by atoms with van der Waals surface area (Å²) in [5, 5.41) is 8.01. The molecule has 0 unspecified atom stereocenters. The Labute approximate surface area is 69.6 Å². The minimum Gasteiger partial charge on any atom is -0.481 e. The largest absolute Gasteiger partial charge is 2.00 e. The summed E-state index contributed by atoms with van der Waals surface area (Å²) in [4.78, 5) is 19.8. The Morgan fingerprint density at radius 1 is 1.33 bits per heavy atom. The first kappa shape index (κ1) is 11.7. The number of hydrogen-bond donors (Lipinski definition) is 1. The van der Waals surface area contributed by atoms with E-state index >= 15 is 0 Å². The summed E-state index contributed by atoms with van der Waals surface area (Å²) in [5.74, 6) is -0.993. The van der Waals surface area contributed by atoms with E-state index in [-0.39, 0.29) is 41.7 Å². The number of carboxylic acids is 1. The average Bonchev–Trinajstić information content (AvgIpc) is 1.61. The van der Waals surface area contributed by atoms with Crippen molar-refractivity contribution in [3.63, 3.8) is 0 Å². The molecule has 1 N–H and O–H groups in total. The van der Waals surface area contributed by atoms with Gasteiger partial charge in [0.05, 0.1) is 6.42 Å². The van der Waals surface area contributed by atoms with Gasteiger partial charge in [-0.1, -0.05) is 0 Å². The molecule has 0 amide bonds. The first-order valence-electron chi connectivity index (χ1n) is 2.34. The second-order valence-corrected chi connectivity index (χ2v) is 1.60. The van der Waals surface area contributed by atoms with Gasteiger partial charge >= 0.3 is 29.0 Å². The number of aliphatic carboxylic acids is 1. The van der Waals surface area contributed by atoms with E-state index in [1.54, 1.807) is 0 Å². The van der Waals surface area contributed by atoms with Crippen molar-refractivity contribution in [3.05, 3.63) is 0 Å². The molecule has 0 atom stereocenters. The third kappa shape index (κ3) is 11.5. The van der Waals surface area contributed by atoms with E-state index in [4.69, 9.17) is 5.11 Å². The zero-order valence-corrected chi connectivity index (χ0v) is 6.80. The van der Waals surface area contributed by atoms with Crippen molar-refractivity contribution in [3.8, 4) is 0 Å². The fourth-order valence-electron chi connectivity index (χ4n) is 0.283. The van der Waals surface area contributed by atoms with Gasteiger partial charge in [0.1, 0.15) is 5.78 Å². The van der Waals surface area contributed by atoms with Crippen LogP contribution >= 0.6 is 0 Å². The quantitative estimate of drug-likeness (QED) is 0.564. The molecule has 0 bridgehead atoms. The zero-order valence-electron chi connectivity index (χ0n) is 5.39. The molecule has 0 spiro atoms. The average molecular weight is 140 g/mol. The van der Waals surface area contributed by atoms with Crippen LogP contribution in [-0.2, 0) is 9.59 Å². The van der Waals surface area contributed by atoms with Crippen molar-refractivity contribution < 1.29 is 14.7 Å². The van der Waals surface area contributed by atoms with E-state index in [1.165, 1.54) is 6.92 Å². The number of carbonyl (C=O) groups is 2. The van der Waals surface area contributed by atoms with Gasteiger partial charge in [-0.25, -0.2) is 0 Å². The molecule has 0 aromatic rings. The van der Waals surface area contributed by atoms with Crippen LogP contribution in [0.2, 0.25) is 0 Å². The molecule has 3 nitrogen and oxygen atoms in total. The predicted octanol–water partition coefficient (Wildman–Crippen LogP) is 0.0594. The summed E-state index contributed by atoms with van der Waals surface area (Å²) in [6.45, 7) is 1.38. The SMILES string of the molecule is CC(=O)CCC(=O)O.[Mg+2].